The molecule has 0 aliphatic heterocycles. The van der Waals surface area contributed by atoms with Gasteiger partial charge in [-0.15, -0.1) is 0 Å². The SMILES string of the molecule is C[C@H](Nc1nc(-c2c[nH]c3ncncc23)ncc1F)c1ccc(F)cc1. The van der Waals surface area contributed by atoms with Gasteiger partial charge >= 0.3 is 0 Å². The summed E-state index contributed by atoms with van der Waals surface area (Å²) in [4.78, 5) is 19.5. The maximum atomic E-state index is 14.2. The lowest BCUT2D eigenvalue weighted by Gasteiger charge is -2.15. The number of halogens is 2. The molecule has 0 fully saturated rings. The molecule has 3 aromatic heterocycles. The van der Waals surface area contributed by atoms with Gasteiger partial charge in [0.1, 0.15) is 17.8 Å². The number of nitrogens with zero attached hydrogens (tertiary/aromatic N) is 4. The molecule has 130 valence electrons. The summed E-state index contributed by atoms with van der Waals surface area (Å²) in [6.07, 6.45) is 5.91. The molecule has 0 saturated heterocycles. The van der Waals surface area contributed by atoms with E-state index in [1.807, 2.05) is 6.92 Å². The Kier molecular flexibility index (Phi) is 4.00. The Morgan fingerprint density at radius 1 is 1.08 bits per heavy atom. The number of nitrogens with one attached hydrogen (secondary N) is 2. The lowest BCUT2D eigenvalue weighted by atomic mass is 10.1. The van der Waals surface area contributed by atoms with Crippen molar-refractivity contribution < 1.29 is 8.78 Å². The summed E-state index contributed by atoms with van der Waals surface area (Å²) >= 11 is 0. The number of hydrogen-bond donors (Lipinski definition) is 2. The van der Waals surface area contributed by atoms with E-state index in [1.165, 1.54) is 18.5 Å². The van der Waals surface area contributed by atoms with Gasteiger partial charge < -0.3 is 10.3 Å². The molecule has 6 nitrogen and oxygen atoms in total. The lowest BCUT2D eigenvalue weighted by molar-refractivity contribution is 0.613. The van der Waals surface area contributed by atoms with E-state index in [-0.39, 0.29) is 17.7 Å². The Morgan fingerprint density at radius 3 is 2.69 bits per heavy atom. The van der Waals surface area contributed by atoms with Crippen molar-refractivity contribution in [1.29, 1.82) is 0 Å². The Balaban J connectivity index is 1.67. The highest BCUT2D eigenvalue weighted by atomic mass is 19.1. The van der Waals surface area contributed by atoms with E-state index in [2.05, 4.69) is 30.2 Å². The van der Waals surface area contributed by atoms with Crippen molar-refractivity contribution in [3.63, 3.8) is 0 Å². The minimum absolute atomic E-state index is 0.0676. The second-order valence-electron chi connectivity index (χ2n) is 5.80. The predicted molar refractivity (Wildman–Crippen MR) is 93.3 cm³/mol. The summed E-state index contributed by atoms with van der Waals surface area (Å²) in [6, 6.07) is 5.75. The zero-order chi connectivity index (χ0) is 18.1. The first-order chi connectivity index (χ1) is 12.6. The highest BCUT2D eigenvalue weighted by Gasteiger charge is 2.15. The number of aromatic amines is 1. The average Bonchev–Trinajstić information content (AvgIpc) is 3.08. The Morgan fingerprint density at radius 2 is 1.88 bits per heavy atom. The molecule has 0 bridgehead atoms. The van der Waals surface area contributed by atoms with Gasteiger partial charge in [0.15, 0.2) is 17.5 Å². The number of hydrogen-bond acceptors (Lipinski definition) is 5. The van der Waals surface area contributed by atoms with Crippen LogP contribution in [-0.2, 0) is 0 Å². The largest absolute Gasteiger partial charge is 0.361 e. The van der Waals surface area contributed by atoms with Crippen molar-refractivity contribution in [2.45, 2.75) is 13.0 Å². The summed E-state index contributed by atoms with van der Waals surface area (Å²) in [5, 5.41) is 3.75. The first-order valence-corrected chi connectivity index (χ1v) is 7.94. The molecule has 0 saturated carbocycles. The minimum atomic E-state index is -0.571. The van der Waals surface area contributed by atoms with E-state index in [9.17, 15) is 8.78 Å². The zero-order valence-electron chi connectivity index (χ0n) is 13.7. The van der Waals surface area contributed by atoms with Crippen molar-refractivity contribution in [3.05, 3.63) is 66.4 Å². The molecule has 0 spiro atoms. The van der Waals surface area contributed by atoms with Gasteiger partial charge in [-0.05, 0) is 24.6 Å². The van der Waals surface area contributed by atoms with E-state index in [0.29, 0.717) is 17.0 Å². The van der Waals surface area contributed by atoms with Crippen LogP contribution in [-0.4, -0.2) is 24.9 Å². The fourth-order valence-electron chi connectivity index (χ4n) is 2.68. The number of H-pyrrole nitrogens is 1. The summed E-state index contributed by atoms with van der Waals surface area (Å²) in [7, 11) is 0. The van der Waals surface area contributed by atoms with E-state index < -0.39 is 5.82 Å². The van der Waals surface area contributed by atoms with Gasteiger partial charge in [0.2, 0.25) is 0 Å². The molecule has 26 heavy (non-hydrogen) atoms. The molecule has 4 aromatic rings. The Bertz CT molecular complexity index is 1060. The molecule has 0 radical (unpaired) electrons. The van der Waals surface area contributed by atoms with Crippen LogP contribution in [0, 0.1) is 11.6 Å². The molecular formula is C18H14F2N6. The molecule has 4 rings (SSSR count). The third kappa shape index (κ3) is 2.97. The van der Waals surface area contributed by atoms with Crippen LogP contribution >= 0.6 is 0 Å². The van der Waals surface area contributed by atoms with Crippen LogP contribution in [0.1, 0.15) is 18.5 Å². The van der Waals surface area contributed by atoms with Gasteiger partial charge in [-0.25, -0.2) is 28.7 Å². The van der Waals surface area contributed by atoms with Crippen molar-refractivity contribution in [3.8, 4) is 11.4 Å². The van der Waals surface area contributed by atoms with Crippen molar-refractivity contribution in [1.82, 2.24) is 24.9 Å². The number of fused-ring (bicyclic) bond motifs is 1. The second-order valence-corrected chi connectivity index (χ2v) is 5.80. The lowest BCUT2D eigenvalue weighted by Crippen LogP contribution is -2.10. The van der Waals surface area contributed by atoms with Gasteiger partial charge in [-0.1, -0.05) is 12.1 Å². The van der Waals surface area contributed by atoms with E-state index in [1.54, 1.807) is 24.5 Å². The fraction of sp³-hybridized carbons (Fsp3) is 0.111. The van der Waals surface area contributed by atoms with Crippen LogP contribution in [0.4, 0.5) is 14.6 Å². The van der Waals surface area contributed by atoms with Crippen LogP contribution in [0.25, 0.3) is 22.4 Å². The second kappa shape index (κ2) is 6.47. The van der Waals surface area contributed by atoms with Crippen LogP contribution in [0.3, 0.4) is 0 Å². The van der Waals surface area contributed by atoms with E-state index in [4.69, 9.17) is 0 Å². The van der Waals surface area contributed by atoms with Crippen LogP contribution in [0.5, 0.6) is 0 Å². The van der Waals surface area contributed by atoms with E-state index >= 15 is 0 Å². The average molecular weight is 352 g/mol. The molecule has 3 heterocycles. The monoisotopic (exact) mass is 352 g/mol. The topological polar surface area (TPSA) is 79.4 Å². The van der Waals surface area contributed by atoms with E-state index in [0.717, 1.165) is 17.1 Å². The maximum Gasteiger partial charge on any atom is 0.183 e. The van der Waals surface area contributed by atoms with Crippen molar-refractivity contribution in [2.75, 3.05) is 5.32 Å². The highest BCUT2D eigenvalue weighted by Crippen LogP contribution is 2.27. The van der Waals surface area contributed by atoms with Gasteiger partial charge in [0.05, 0.1) is 12.2 Å². The molecule has 0 amide bonds. The molecule has 0 aliphatic carbocycles. The third-order valence-electron chi connectivity index (χ3n) is 4.06. The number of benzene rings is 1. The molecular weight excluding hydrogens is 338 g/mol. The van der Waals surface area contributed by atoms with Gasteiger partial charge in [-0.2, -0.15) is 0 Å². The zero-order valence-corrected chi connectivity index (χ0v) is 13.7. The summed E-state index contributed by atoms with van der Waals surface area (Å²) in [5.74, 6) is -0.476. The Labute approximate surface area is 147 Å². The van der Waals surface area contributed by atoms with Crippen LogP contribution in [0.15, 0.2) is 49.2 Å². The first kappa shape index (κ1) is 16.1. The standard InChI is InChI=1S/C18H14F2N6/c1-10(11-2-4-12(19)5-3-11)25-18-15(20)8-23-17(26-18)14-7-22-16-13(14)6-21-9-24-16/h2-10H,1H3,(H,21,22,24)(H,23,25,26)/t10-/m0/s1. The molecule has 1 atom stereocenters. The van der Waals surface area contributed by atoms with Gasteiger partial charge in [0, 0.05) is 23.3 Å². The normalized spacial score (nSPS) is 12.3. The quantitative estimate of drug-likeness (QED) is 0.583. The first-order valence-electron chi connectivity index (χ1n) is 7.94. The van der Waals surface area contributed by atoms with Crippen molar-refractivity contribution >= 4 is 16.9 Å². The van der Waals surface area contributed by atoms with Crippen molar-refractivity contribution in [2.24, 2.45) is 0 Å². The highest BCUT2D eigenvalue weighted by molar-refractivity contribution is 5.90. The maximum absolute atomic E-state index is 14.2. The number of aromatic nitrogens is 5. The van der Waals surface area contributed by atoms with Gasteiger partial charge in [-0.3, -0.25) is 0 Å². The third-order valence-corrected chi connectivity index (χ3v) is 4.06. The fourth-order valence-corrected chi connectivity index (χ4v) is 2.68. The number of rotatable bonds is 4. The summed E-state index contributed by atoms with van der Waals surface area (Å²) < 4.78 is 27.2. The predicted octanol–water partition coefficient (Wildman–Crippen LogP) is 3.87. The molecule has 8 heteroatoms. The summed E-state index contributed by atoms with van der Waals surface area (Å²) in [6.45, 7) is 1.84. The molecule has 2 N–H and O–H groups in total. The van der Waals surface area contributed by atoms with Crippen LogP contribution < -0.4 is 5.32 Å². The molecule has 1 aromatic carbocycles. The van der Waals surface area contributed by atoms with Crippen LogP contribution in [0.2, 0.25) is 0 Å². The Hall–Kier alpha value is -3.42. The molecule has 0 unspecified atom stereocenters. The summed E-state index contributed by atoms with van der Waals surface area (Å²) in [5.41, 5.74) is 2.14. The smallest absolute Gasteiger partial charge is 0.183 e. The number of anilines is 1. The minimum Gasteiger partial charge on any atom is -0.361 e. The van der Waals surface area contributed by atoms with Gasteiger partial charge in [0.25, 0.3) is 0 Å². The molecule has 0 aliphatic rings.